The Morgan fingerprint density at radius 2 is 1.45 bits per heavy atom. The predicted molar refractivity (Wildman–Crippen MR) is 91.5 cm³/mol. The third-order valence-corrected chi connectivity index (χ3v) is 3.74. The summed E-state index contributed by atoms with van der Waals surface area (Å²) in [7, 11) is -1.68. The zero-order valence-corrected chi connectivity index (χ0v) is 16.7. The molecule has 0 aromatic rings. The summed E-state index contributed by atoms with van der Waals surface area (Å²) in [5.74, 6) is 2.03. The lowest BCUT2D eigenvalue weighted by Gasteiger charge is -2.23. The van der Waals surface area contributed by atoms with Crippen LogP contribution in [0.1, 0.15) is 20.3 Å². The molecule has 0 saturated heterocycles. The second-order valence-corrected chi connectivity index (χ2v) is 16.2. The lowest BCUT2D eigenvalue weighted by Crippen LogP contribution is -2.27. The standard InChI is InChI=1S/C15H32O3Si2/c1-13(2)10-11-14(17-19(4,5)6)12-15(16-3)18-20(7,8)9/h11-13H,10H2,1-9H3. The summed E-state index contributed by atoms with van der Waals surface area (Å²) in [5.41, 5.74) is 0. The third-order valence-electron chi connectivity index (χ3n) is 2.08. The molecule has 3 nitrogen and oxygen atoms in total. The second-order valence-electron chi connectivity index (χ2n) is 7.33. The van der Waals surface area contributed by atoms with Crippen molar-refractivity contribution in [2.75, 3.05) is 7.11 Å². The van der Waals surface area contributed by atoms with Crippen LogP contribution in [-0.2, 0) is 13.6 Å². The minimum absolute atomic E-state index is 0.553. The normalized spacial score (nSPS) is 14.5. The molecule has 0 fully saturated rings. The predicted octanol–water partition coefficient (Wildman–Crippen LogP) is 5.11. The van der Waals surface area contributed by atoms with Crippen molar-refractivity contribution >= 4 is 16.6 Å². The molecule has 0 atom stereocenters. The van der Waals surface area contributed by atoms with Crippen molar-refractivity contribution < 1.29 is 13.6 Å². The summed E-state index contributed by atoms with van der Waals surface area (Å²) < 4.78 is 17.4. The van der Waals surface area contributed by atoms with Crippen LogP contribution in [0, 0.1) is 5.92 Å². The van der Waals surface area contributed by atoms with Crippen LogP contribution in [0.4, 0.5) is 0 Å². The van der Waals surface area contributed by atoms with E-state index >= 15 is 0 Å². The van der Waals surface area contributed by atoms with Crippen LogP contribution in [0.15, 0.2) is 23.9 Å². The number of hydrogen-bond acceptors (Lipinski definition) is 3. The number of methoxy groups -OCH3 is 1. The Morgan fingerprint density at radius 1 is 0.950 bits per heavy atom. The van der Waals surface area contributed by atoms with Gasteiger partial charge in [-0.1, -0.05) is 13.8 Å². The highest BCUT2D eigenvalue weighted by molar-refractivity contribution is 6.70. The molecule has 0 N–H and O–H groups in total. The Morgan fingerprint density at radius 3 is 1.80 bits per heavy atom. The minimum Gasteiger partial charge on any atom is -0.544 e. The summed E-state index contributed by atoms with van der Waals surface area (Å²) in [6.45, 7) is 17.3. The Hall–Kier alpha value is -0.686. The summed E-state index contributed by atoms with van der Waals surface area (Å²) in [4.78, 5) is 0. The van der Waals surface area contributed by atoms with Crippen molar-refractivity contribution in [3.05, 3.63) is 23.9 Å². The van der Waals surface area contributed by atoms with Gasteiger partial charge in [-0.2, -0.15) is 0 Å². The van der Waals surface area contributed by atoms with Crippen molar-refractivity contribution in [1.82, 2.24) is 0 Å². The van der Waals surface area contributed by atoms with E-state index in [0.29, 0.717) is 11.9 Å². The van der Waals surface area contributed by atoms with E-state index in [1.165, 1.54) is 0 Å². The van der Waals surface area contributed by atoms with Crippen LogP contribution in [-0.4, -0.2) is 23.7 Å². The smallest absolute Gasteiger partial charge is 0.268 e. The molecule has 0 heterocycles. The molecular weight excluding hydrogens is 284 g/mol. The first-order valence-electron chi connectivity index (χ1n) is 7.27. The van der Waals surface area contributed by atoms with Gasteiger partial charge in [-0.25, -0.2) is 0 Å². The molecule has 0 amide bonds. The number of ether oxygens (including phenoxy) is 1. The Labute approximate surface area is 127 Å². The van der Waals surface area contributed by atoms with Gasteiger partial charge < -0.3 is 13.6 Å². The van der Waals surface area contributed by atoms with Crippen LogP contribution >= 0.6 is 0 Å². The van der Waals surface area contributed by atoms with E-state index in [2.05, 4.69) is 59.2 Å². The summed E-state index contributed by atoms with van der Waals surface area (Å²) >= 11 is 0. The summed E-state index contributed by atoms with van der Waals surface area (Å²) in [6, 6.07) is 0. The average Bonchev–Trinajstić information content (AvgIpc) is 2.20. The summed E-state index contributed by atoms with van der Waals surface area (Å²) in [5, 5.41) is 0. The third kappa shape index (κ3) is 11.2. The monoisotopic (exact) mass is 316 g/mol. The van der Waals surface area contributed by atoms with E-state index in [-0.39, 0.29) is 0 Å². The van der Waals surface area contributed by atoms with E-state index in [9.17, 15) is 0 Å². The molecule has 0 unspecified atom stereocenters. The van der Waals surface area contributed by atoms with Gasteiger partial charge in [0.25, 0.3) is 5.95 Å². The molecule has 0 aliphatic rings. The highest BCUT2D eigenvalue weighted by Crippen LogP contribution is 2.18. The minimum atomic E-state index is -1.68. The quantitative estimate of drug-likeness (QED) is 0.354. The first kappa shape index (κ1) is 19.3. The molecule has 0 bridgehead atoms. The van der Waals surface area contributed by atoms with Crippen molar-refractivity contribution in [1.29, 1.82) is 0 Å². The van der Waals surface area contributed by atoms with Gasteiger partial charge in [0.2, 0.25) is 16.6 Å². The van der Waals surface area contributed by atoms with Gasteiger partial charge in [-0.15, -0.1) is 0 Å². The van der Waals surface area contributed by atoms with Gasteiger partial charge in [0.1, 0.15) is 5.76 Å². The molecule has 0 aliphatic heterocycles. The number of hydrogen-bond donors (Lipinski definition) is 0. The molecular formula is C15H32O3Si2. The molecule has 0 radical (unpaired) electrons. The number of rotatable bonds is 8. The van der Waals surface area contributed by atoms with Gasteiger partial charge in [-0.05, 0) is 57.7 Å². The number of allylic oxidation sites excluding steroid dienone is 2. The van der Waals surface area contributed by atoms with Crippen molar-refractivity contribution in [2.24, 2.45) is 5.92 Å². The zero-order chi connectivity index (χ0) is 16.0. The Kier molecular flexibility index (Phi) is 7.66. The van der Waals surface area contributed by atoms with E-state index in [0.717, 1.165) is 12.2 Å². The molecule has 0 rings (SSSR count). The second kappa shape index (κ2) is 7.93. The Bertz CT molecular complexity index is 347. The molecule has 0 aromatic carbocycles. The maximum absolute atomic E-state index is 6.11. The van der Waals surface area contributed by atoms with Crippen molar-refractivity contribution in [2.45, 2.75) is 59.6 Å². The molecule has 0 saturated carbocycles. The van der Waals surface area contributed by atoms with Crippen LogP contribution in [0.25, 0.3) is 0 Å². The van der Waals surface area contributed by atoms with Crippen molar-refractivity contribution in [3.8, 4) is 0 Å². The van der Waals surface area contributed by atoms with Gasteiger partial charge in [-0.3, -0.25) is 0 Å². The fraction of sp³-hybridized carbons (Fsp3) is 0.733. The van der Waals surface area contributed by atoms with Crippen LogP contribution < -0.4 is 0 Å². The zero-order valence-electron chi connectivity index (χ0n) is 14.7. The first-order valence-corrected chi connectivity index (χ1v) is 14.1. The topological polar surface area (TPSA) is 27.7 Å². The van der Waals surface area contributed by atoms with E-state index in [1.54, 1.807) is 7.11 Å². The van der Waals surface area contributed by atoms with Gasteiger partial charge >= 0.3 is 0 Å². The van der Waals surface area contributed by atoms with E-state index in [4.69, 9.17) is 13.6 Å². The molecule has 20 heavy (non-hydrogen) atoms. The van der Waals surface area contributed by atoms with Crippen LogP contribution in [0.5, 0.6) is 0 Å². The molecule has 0 aliphatic carbocycles. The maximum Gasteiger partial charge on any atom is 0.268 e. The van der Waals surface area contributed by atoms with Gasteiger partial charge in [0.05, 0.1) is 13.2 Å². The first-order chi connectivity index (χ1) is 8.93. The molecule has 0 spiro atoms. The lowest BCUT2D eigenvalue weighted by atomic mass is 10.1. The average molecular weight is 317 g/mol. The van der Waals surface area contributed by atoms with Crippen molar-refractivity contribution in [3.63, 3.8) is 0 Å². The fourth-order valence-corrected chi connectivity index (χ4v) is 2.98. The summed E-state index contributed by atoms with van der Waals surface area (Å²) in [6.07, 6.45) is 5.01. The SMILES string of the molecule is COC(=CC(=CCC(C)C)O[Si](C)(C)C)O[Si](C)(C)C. The molecule has 5 heteroatoms. The maximum atomic E-state index is 6.11. The fourth-order valence-electron chi connectivity index (χ4n) is 1.38. The molecule has 0 aromatic heterocycles. The van der Waals surface area contributed by atoms with Gasteiger partial charge in [0, 0.05) is 0 Å². The lowest BCUT2D eigenvalue weighted by molar-refractivity contribution is 0.145. The highest BCUT2D eigenvalue weighted by Gasteiger charge is 2.21. The van der Waals surface area contributed by atoms with E-state index in [1.807, 2.05) is 6.08 Å². The Balaban J connectivity index is 5.14. The van der Waals surface area contributed by atoms with Crippen LogP contribution in [0.3, 0.4) is 0 Å². The largest absolute Gasteiger partial charge is 0.544 e. The molecule has 118 valence electrons. The van der Waals surface area contributed by atoms with Crippen LogP contribution in [0.2, 0.25) is 39.3 Å². The van der Waals surface area contributed by atoms with E-state index < -0.39 is 16.6 Å². The highest BCUT2D eigenvalue weighted by atomic mass is 28.4. The van der Waals surface area contributed by atoms with Gasteiger partial charge in [0.15, 0.2) is 0 Å².